The first-order chi connectivity index (χ1) is 10.5. The highest BCUT2D eigenvalue weighted by Gasteiger charge is 2.15. The third kappa shape index (κ3) is 3.58. The Morgan fingerprint density at radius 3 is 2.68 bits per heavy atom. The molecule has 22 heavy (non-hydrogen) atoms. The number of nitrogens with two attached hydrogens (primary N) is 1. The lowest BCUT2D eigenvalue weighted by molar-refractivity contribution is 0.0795. The van der Waals surface area contributed by atoms with E-state index in [0.29, 0.717) is 17.8 Å². The lowest BCUT2D eigenvalue weighted by Gasteiger charge is -2.19. The number of ether oxygens (including phenoxy) is 1. The van der Waals surface area contributed by atoms with Crippen LogP contribution >= 0.6 is 0 Å². The molecule has 2 aromatic carbocycles. The Kier molecular flexibility index (Phi) is 5.04. The molecule has 0 spiro atoms. The number of amides is 1. The Morgan fingerprint density at radius 1 is 1.23 bits per heavy atom. The van der Waals surface area contributed by atoms with E-state index >= 15 is 0 Å². The van der Waals surface area contributed by atoms with Gasteiger partial charge in [0.15, 0.2) is 0 Å². The van der Waals surface area contributed by atoms with Crippen LogP contribution in [0.25, 0.3) is 0 Å². The largest absolute Gasteiger partial charge is 0.496 e. The van der Waals surface area contributed by atoms with Gasteiger partial charge in [-0.3, -0.25) is 4.79 Å². The molecule has 0 atom stereocenters. The minimum absolute atomic E-state index is 0.0142. The third-order valence-electron chi connectivity index (χ3n) is 3.75. The van der Waals surface area contributed by atoms with E-state index in [1.807, 2.05) is 37.3 Å². The van der Waals surface area contributed by atoms with Gasteiger partial charge in [-0.05, 0) is 42.7 Å². The molecule has 2 rings (SSSR count). The number of benzene rings is 2. The van der Waals surface area contributed by atoms with Crippen molar-refractivity contribution >= 4 is 11.6 Å². The molecule has 1 amide bonds. The Labute approximate surface area is 131 Å². The highest BCUT2D eigenvalue weighted by molar-refractivity contribution is 5.96. The summed E-state index contributed by atoms with van der Waals surface area (Å²) in [5.41, 5.74) is 9.07. The van der Waals surface area contributed by atoms with Crippen molar-refractivity contribution in [1.82, 2.24) is 4.90 Å². The summed E-state index contributed by atoms with van der Waals surface area (Å²) < 4.78 is 5.34. The molecule has 0 radical (unpaired) electrons. The molecule has 0 aliphatic rings. The number of likely N-dealkylation sites (N-methyl/N-ethyl adjacent to an activating group) is 1. The Bertz CT molecular complexity index is 668. The number of nitrogen functional groups attached to an aromatic ring is 1. The molecule has 0 aliphatic heterocycles. The minimum Gasteiger partial charge on any atom is -0.496 e. The van der Waals surface area contributed by atoms with Crippen molar-refractivity contribution in [3.63, 3.8) is 0 Å². The van der Waals surface area contributed by atoms with Crippen LogP contribution in [0.1, 0.15) is 21.5 Å². The van der Waals surface area contributed by atoms with Crippen molar-refractivity contribution < 1.29 is 9.53 Å². The first-order valence-electron chi connectivity index (χ1n) is 7.26. The molecule has 0 saturated carbocycles. The predicted octanol–water partition coefficient (Wildman–Crippen LogP) is 2.90. The SMILES string of the molecule is COc1ccccc1CCN(C)C(=O)c1cc(N)ccc1C. The van der Waals surface area contributed by atoms with E-state index in [2.05, 4.69) is 0 Å². The fraction of sp³-hybridized carbons (Fsp3) is 0.278. The summed E-state index contributed by atoms with van der Waals surface area (Å²) in [7, 11) is 3.46. The second-order valence-corrected chi connectivity index (χ2v) is 5.36. The lowest BCUT2D eigenvalue weighted by atomic mass is 10.1. The van der Waals surface area contributed by atoms with Crippen LogP contribution in [-0.2, 0) is 6.42 Å². The fourth-order valence-corrected chi connectivity index (χ4v) is 2.37. The number of para-hydroxylation sites is 1. The summed E-state index contributed by atoms with van der Waals surface area (Å²) in [4.78, 5) is 14.2. The number of carbonyl (C=O) groups excluding carboxylic acids is 1. The molecule has 2 N–H and O–H groups in total. The Morgan fingerprint density at radius 2 is 1.95 bits per heavy atom. The topological polar surface area (TPSA) is 55.6 Å². The highest BCUT2D eigenvalue weighted by atomic mass is 16.5. The van der Waals surface area contributed by atoms with Crippen molar-refractivity contribution in [3.05, 3.63) is 59.2 Å². The monoisotopic (exact) mass is 298 g/mol. The van der Waals surface area contributed by atoms with Crippen LogP contribution in [-0.4, -0.2) is 31.5 Å². The second kappa shape index (κ2) is 6.98. The van der Waals surface area contributed by atoms with Crippen molar-refractivity contribution in [2.45, 2.75) is 13.3 Å². The minimum atomic E-state index is -0.0142. The number of hydrogen-bond acceptors (Lipinski definition) is 3. The van der Waals surface area contributed by atoms with E-state index in [1.54, 1.807) is 31.2 Å². The van der Waals surface area contributed by atoms with Gasteiger partial charge >= 0.3 is 0 Å². The molecular formula is C18H22N2O2. The molecule has 2 aromatic rings. The van der Waals surface area contributed by atoms with Crippen molar-refractivity contribution in [2.24, 2.45) is 0 Å². The van der Waals surface area contributed by atoms with E-state index in [0.717, 1.165) is 23.3 Å². The Balaban J connectivity index is 2.07. The van der Waals surface area contributed by atoms with Crippen LogP contribution in [0.5, 0.6) is 5.75 Å². The summed E-state index contributed by atoms with van der Waals surface area (Å²) in [6.07, 6.45) is 0.744. The fourth-order valence-electron chi connectivity index (χ4n) is 2.37. The first-order valence-corrected chi connectivity index (χ1v) is 7.26. The van der Waals surface area contributed by atoms with Crippen LogP contribution in [0.2, 0.25) is 0 Å². The quantitative estimate of drug-likeness (QED) is 0.864. The van der Waals surface area contributed by atoms with E-state index in [4.69, 9.17) is 10.5 Å². The maximum absolute atomic E-state index is 12.5. The van der Waals surface area contributed by atoms with Gasteiger partial charge in [-0.15, -0.1) is 0 Å². The standard InChI is InChI=1S/C18H22N2O2/c1-13-8-9-15(19)12-16(13)18(21)20(2)11-10-14-6-4-5-7-17(14)22-3/h4-9,12H,10-11,19H2,1-3H3. The normalized spacial score (nSPS) is 10.3. The van der Waals surface area contributed by atoms with E-state index in [-0.39, 0.29) is 5.91 Å². The summed E-state index contributed by atoms with van der Waals surface area (Å²) in [5.74, 6) is 0.836. The van der Waals surface area contributed by atoms with Gasteiger partial charge in [0.25, 0.3) is 5.91 Å². The molecule has 0 bridgehead atoms. The molecule has 0 aliphatic carbocycles. The smallest absolute Gasteiger partial charge is 0.253 e. The molecule has 4 nitrogen and oxygen atoms in total. The van der Waals surface area contributed by atoms with Crippen molar-refractivity contribution in [3.8, 4) is 5.75 Å². The molecule has 0 unspecified atom stereocenters. The van der Waals surface area contributed by atoms with Crippen LogP contribution in [0.15, 0.2) is 42.5 Å². The summed E-state index contributed by atoms with van der Waals surface area (Å²) in [5, 5.41) is 0. The zero-order valence-electron chi connectivity index (χ0n) is 13.3. The number of nitrogens with zero attached hydrogens (tertiary/aromatic N) is 1. The summed E-state index contributed by atoms with van der Waals surface area (Å²) in [6, 6.07) is 13.3. The van der Waals surface area contributed by atoms with E-state index in [9.17, 15) is 4.79 Å². The molecule has 4 heteroatoms. The van der Waals surface area contributed by atoms with Gasteiger partial charge in [-0.25, -0.2) is 0 Å². The maximum Gasteiger partial charge on any atom is 0.253 e. The Hall–Kier alpha value is -2.49. The van der Waals surface area contributed by atoms with Gasteiger partial charge in [0.1, 0.15) is 5.75 Å². The van der Waals surface area contributed by atoms with Gasteiger partial charge < -0.3 is 15.4 Å². The molecule has 0 heterocycles. The average molecular weight is 298 g/mol. The van der Waals surface area contributed by atoms with Gasteiger partial charge in [0, 0.05) is 24.8 Å². The molecule has 0 aromatic heterocycles. The number of aryl methyl sites for hydroxylation is 1. The van der Waals surface area contributed by atoms with Gasteiger partial charge in [-0.1, -0.05) is 24.3 Å². The molecule has 0 fully saturated rings. The third-order valence-corrected chi connectivity index (χ3v) is 3.75. The molecular weight excluding hydrogens is 276 g/mol. The van der Waals surface area contributed by atoms with Crippen LogP contribution in [0, 0.1) is 6.92 Å². The highest BCUT2D eigenvalue weighted by Crippen LogP contribution is 2.19. The van der Waals surface area contributed by atoms with Crippen LogP contribution in [0.4, 0.5) is 5.69 Å². The van der Waals surface area contributed by atoms with Crippen molar-refractivity contribution in [2.75, 3.05) is 26.4 Å². The molecule has 116 valence electrons. The lowest BCUT2D eigenvalue weighted by Crippen LogP contribution is -2.29. The van der Waals surface area contributed by atoms with E-state index < -0.39 is 0 Å². The average Bonchev–Trinajstić information content (AvgIpc) is 2.54. The van der Waals surface area contributed by atoms with E-state index in [1.165, 1.54) is 0 Å². The second-order valence-electron chi connectivity index (χ2n) is 5.36. The van der Waals surface area contributed by atoms with Gasteiger partial charge in [0.05, 0.1) is 7.11 Å². The zero-order chi connectivity index (χ0) is 16.1. The van der Waals surface area contributed by atoms with Gasteiger partial charge in [0.2, 0.25) is 0 Å². The predicted molar refractivity (Wildman–Crippen MR) is 89.2 cm³/mol. The summed E-state index contributed by atoms with van der Waals surface area (Å²) in [6.45, 7) is 2.54. The van der Waals surface area contributed by atoms with Crippen LogP contribution in [0.3, 0.4) is 0 Å². The number of carbonyl (C=O) groups is 1. The number of anilines is 1. The van der Waals surface area contributed by atoms with Crippen LogP contribution < -0.4 is 10.5 Å². The zero-order valence-corrected chi connectivity index (χ0v) is 13.3. The van der Waals surface area contributed by atoms with Crippen molar-refractivity contribution in [1.29, 1.82) is 0 Å². The number of rotatable bonds is 5. The van der Waals surface area contributed by atoms with Gasteiger partial charge in [-0.2, -0.15) is 0 Å². The maximum atomic E-state index is 12.5. The first kappa shape index (κ1) is 15.9. The molecule has 0 saturated heterocycles. The number of methoxy groups -OCH3 is 1. The summed E-state index contributed by atoms with van der Waals surface area (Å²) >= 11 is 0. The number of hydrogen-bond donors (Lipinski definition) is 1.